The van der Waals surface area contributed by atoms with Crippen LogP contribution in [0.1, 0.15) is 44.1 Å². The van der Waals surface area contributed by atoms with E-state index >= 15 is 0 Å². The number of likely N-dealkylation sites (N-methyl/N-ethyl adjacent to an activating group) is 1. The van der Waals surface area contributed by atoms with Gasteiger partial charge in [-0.2, -0.15) is 28.1 Å². The Hall–Kier alpha value is -3.07. The van der Waals surface area contributed by atoms with Crippen molar-refractivity contribution in [3.8, 4) is 5.75 Å². The van der Waals surface area contributed by atoms with E-state index in [-0.39, 0.29) is 29.6 Å². The van der Waals surface area contributed by atoms with Crippen LogP contribution in [0.2, 0.25) is 0 Å². The predicted octanol–water partition coefficient (Wildman–Crippen LogP) is 5.27. The highest BCUT2D eigenvalue weighted by atomic mass is 19.4. The van der Waals surface area contributed by atoms with E-state index in [1.54, 1.807) is 12.1 Å². The van der Waals surface area contributed by atoms with Gasteiger partial charge in [-0.25, -0.2) is 5.01 Å². The quantitative estimate of drug-likeness (QED) is 0.347. The number of hydrogen-bond acceptors (Lipinski definition) is 9. The summed E-state index contributed by atoms with van der Waals surface area (Å²) in [7, 11) is 3.82. The van der Waals surface area contributed by atoms with Crippen molar-refractivity contribution in [3.63, 3.8) is 0 Å². The molecule has 1 aliphatic carbocycles. The molecule has 1 aromatic carbocycles. The Morgan fingerprint density at radius 1 is 0.897 bits per heavy atom. The van der Waals surface area contributed by atoms with Crippen LogP contribution in [0.25, 0.3) is 0 Å². The van der Waals surface area contributed by atoms with E-state index in [0.29, 0.717) is 12.1 Å². The lowest BCUT2D eigenvalue weighted by molar-refractivity contribution is -0.276. The third-order valence-corrected chi connectivity index (χ3v) is 6.77. The van der Waals surface area contributed by atoms with E-state index < -0.39 is 23.9 Å². The van der Waals surface area contributed by atoms with Gasteiger partial charge in [0.25, 0.3) is 0 Å². The Morgan fingerprint density at radius 2 is 1.54 bits per heavy atom. The van der Waals surface area contributed by atoms with Crippen molar-refractivity contribution in [2.75, 3.05) is 55.9 Å². The number of alkyl halides is 6. The summed E-state index contributed by atoms with van der Waals surface area (Å²) in [5.74, 6) is -0.846. The summed E-state index contributed by atoms with van der Waals surface area (Å²) in [6.45, 7) is 3.12. The number of ether oxygens (including phenoxy) is 1. The molecule has 1 aromatic heterocycles. The lowest BCUT2D eigenvalue weighted by atomic mass is 10.1. The van der Waals surface area contributed by atoms with Crippen molar-refractivity contribution in [1.29, 1.82) is 0 Å². The van der Waals surface area contributed by atoms with Crippen molar-refractivity contribution in [2.24, 2.45) is 0 Å². The van der Waals surface area contributed by atoms with Crippen molar-refractivity contribution in [2.45, 2.75) is 57.1 Å². The summed E-state index contributed by atoms with van der Waals surface area (Å²) in [4.78, 5) is 15.6. The minimum atomic E-state index is -5.27. The molecule has 2 aromatic rings. The van der Waals surface area contributed by atoms with Gasteiger partial charge in [0, 0.05) is 45.0 Å². The number of piperazine rings is 1. The smallest absolute Gasteiger partial charge is 0.405 e. The number of nitrogens with one attached hydrogen (secondary N) is 2. The standard InChI is InChI=1S/C24H32F6N8O/c1-36-11-13-38(14-12-36)37(2)22-34-20(31-16-7-5-3-4-6-8-16)33-21(35-22)32-17-9-10-19(39-24(28,29)30)18(15-17)23(25,26)27/h9-10,15-16H,3-8,11-14H2,1-2H3,(H2,31,32,33,34,35). The van der Waals surface area contributed by atoms with Crippen molar-refractivity contribution < 1.29 is 31.1 Å². The molecule has 0 amide bonds. The second-order valence-electron chi connectivity index (χ2n) is 9.78. The molecule has 1 aliphatic heterocycles. The molecule has 39 heavy (non-hydrogen) atoms. The molecule has 0 unspecified atom stereocenters. The normalized spacial score (nSPS) is 18.5. The minimum absolute atomic E-state index is 0.0466. The van der Waals surface area contributed by atoms with Gasteiger partial charge in [-0.05, 0) is 38.1 Å². The van der Waals surface area contributed by atoms with Crippen molar-refractivity contribution in [3.05, 3.63) is 23.8 Å². The largest absolute Gasteiger partial charge is 0.573 e. The first-order valence-corrected chi connectivity index (χ1v) is 12.8. The molecule has 2 N–H and O–H groups in total. The maximum Gasteiger partial charge on any atom is 0.573 e. The van der Waals surface area contributed by atoms with Crippen LogP contribution in [0.4, 0.5) is 49.9 Å². The topological polar surface area (TPSA) is 81.7 Å². The summed E-state index contributed by atoms with van der Waals surface area (Å²) in [6, 6.07) is 2.33. The zero-order valence-corrected chi connectivity index (χ0v) is 21.7. The minimum Gasteiger partial charge on any atom is -0.405 e. The molecule has 1 saturated carbocycles. The highest BCUT2D eigenvalue weighted by Crippen LogP contribution is 2.40. The number of aromatic nitrogens is 3. The summed E-state index contributed by atoms with van der Waals surface area (Å²) >= 11 is 0. The highest BCUT2D eigenvalue weighted by Gasteiger charge is 2.39. The molecule has 1 saturated heterocycles. The fourth-order valence-corrected chi connectivity index (χ4v) is 4.63. The zero-order valence-electron chi connectivity index (χ0n) is 21.7. The average molecular weight is 563 g/mol. The summed E-state index contributed by atoms with van der Waals surface area (Å²) in [5, 5.41) is 9.88. The van der Waals surface area contributed by atoms with Gasteiger partial charge in [-0.3, -0.25) is 5.01 Å². The van der Waals surface area contributed by atoms with Gasteiger partial charge in [0.15, 0.2) is 0 Å². The second kappa shape index (κ2) is 12.0. The van der Waals surface area contributed by atoms with E-state index in [4.69, 9.17) is 0 Å². The SMILES string of the molecule is CN1CCN(N(C)c2nc(Nc3ccc(OC(F)(F)F)c(C(F)(F)F)c3)nc(NC3CCCCCC3)n2)CC1. The lowest BCUT2D eigenvalue weighted by Gasteiger charge is -2.38. The predicted molar refractivity (Wildman–Crippen MR) is 134 cm³/mol. The lowest BCUT2D eigenvalue weighted by Crippen LogP contribution is -2.52. The van der Waals surface area contributed by atoms with Crippen LogP contribution in [0.5, 0.6) is 5.75 Å². The van der Waals surface area contributed by atoms with E-state index in [0.717, 1.165) is 70.8 Å². The number of benzene rings is 1. The molecule has 9 nitrogen and oxygen atoms in total. The summed E-state index contributed by atoms with van der Waals surface area (Å²) in [6.07, 6.45) is -4.06. The van der Waals surface area contributed by atoms with Crippen molar-refractivity contribution in [1.82, 2.24) is 24.9 Å². The van der Waals surface area contributed by atoms with Gasteiger partial charge in [0.05, 0.1) is 5.56 Å². The van der Waals surface area contributed by atoms with E-state index in [9.17, 15) is 26.3 Å². The fourth-order valence-electron chi connectivity index (χ4n) is 4.63. The molecule has 0 spiro atoms. The second-order valence-corrected chi connectivity index (χ2v) is 9.78. The number of nitrogens with zero attached hydrogens (tertiary/aromatic N) is 6. The Labute approximate surface area is 222 Å². The number of hydrogen-bond donors (Lipinski definition) is 2. The summed E-state index contributed by atoms with van der Waals surface area (Å²) in [5.41, 5.74) is -1.73. The maximum absolute atomic E-state index is 13.6. The van der Waals surface area contributed by atoms with Gasteiger partial charge >= 0.3 is 12.5 Å². The molecule has 216 valence electrons. The van der Waals surface area contributed by atoms with Crippen LogP contribution >= 0.6 is 0 Å². The third-order valence-electron chi connectivity index (χ3n) is 6.77. The van der Waals surface area contributed by atoms with Gasteiger partial charge in [-0.15, -0.1) is 13.2 Å². The Bertz CT molecular complexity index is 1100. The van der Waals surface area contributed by atoms with Gasteiger partial charge < -0.3 is 20.3 Å². The first kappa shape index (κ1) is 28.9. The van der Waals surface area contributed by atoms with Gasteiger partial charge in [0.1, 0.15) is 5.75 Å². The van der Waals surface area contributed by atoms with Crippen LogP contribution in [-0.4, -0.2) is 77.5 Å². The number of rotatable bonds is 7. The van der Waals surface area contributed by atoms with Crippen LogP contribution < -0.4 is 20.4 Å². The monoisotopic (exact) mass is 562 g/mol. The molecular formula is C24H32F6N8O. The molecule has 4 rings (SSSR count). The van der Waals surface area contributed by atoms with E-state index in [2.05, 4.69) is 40.2 Å². The molecule has 0 radical (unpaired) electrons. The first-order valence-electron chi connectivity index (χ1n) is 12.8. The van der Waals surface area contributed by atoms with E-state index in [1.807, 2.05) is 7.05 Å². The molecule has 2 heterocycles. The summed E-state index contributed by atoms with van der Waals surface area (Å²) < 4.78 is 82.3. The van der Waals surface area contributed by atoms with Gasteiger partial charge in [0.2, 0.25) is 17.8 Å². The van der Waals surface area contributed by atoms with Crippen LogP contribution in [0.15, 0.2) is 18.2 Å². The Balaban J connectivity index is 1.63. The molecule has 15 heteroatoms. The maximum atomic E-state index is 13.6. The number of halogens is 6. The van der Waals surface area contributed by atoms with Crippen LogP contribution in [-0.2, 0) is 6.18 Å². The van der Waals surface area contributed by atoms with E-state index in [1.165, 1.54) is 0 Å². The Morgan fingerprint density at radius 3 is 2.15 bits per heavy atom. The Kier molecular flexibility index (Phi) is 8.89. The average Bonchev–Trinajstić information content (AvgIpc) is 3.12. The fraction of sp³-hybridized carbons (Fsp3) is 0.625. The molecule has 2 aliphatic rings. The highest BCUT2D eigenvalue weighted by molar-refractivity contribution is 5.59. The number of anilines is 4. The van der Waals surface area contributed by atoms with Crippen molar-refractivity contribution >= 4 is 23.5 Å². The molecule has 2 fully saturated rings. The molecule has 0 bridgehead atoms. The molecular weight excluding hydrogens is 530 g/mol. The third kappa shape index (κ3) is 8.21. The first-order chi connectivity index (χ1) is 18.4. The van der Waals surface area contributed by atoms with Crippen LogP contribution in [0.3, 0.4) is 0 Å². The number of hydrazine groups is 1. The van der Waals surface area contributed by atoms with Gasteiger partial charge in [-0.1, -0.05) is 25.7 Å². The molecule has 0 atom stereocenters. The van der Waals surface area contributed by atoms with Crippen LogP contribution in [0, 0.1) is 0 Å². The zero-order chi connectivity index (χ0) is 28.2.